The van der Waals surface area contributed by atoms with E-state index in [-0.39, 0.29) is 36.5 Å². The van der Waals surface area contributed by atoms with Crippen LogP contribution in [0.4, 0.5) is 4.79 Å². The largest absolute Gasteiger partial charge is 0.481 e. The number of urea groups is 1. The summed E-state index contributed by atoms with van der Waals surface area (Å²) >= 11 is 0. The Morgan fingerprint density at radius 3 is 2.15 bits per heavy atom. The van der Waals surface area contributed by atoms with Gasteiger partial charge >= 0.3 is 12.0 Å². The standard InChI is InChI=1S/C38H69N3O6/c1-7-8-9-10-11-12-13-14-15-16-17-18-19-20-23-29(2)40-36(45)41-32-25-22-21-24-30(32)31(35(43)44)26-27-39-34(42)33-37(3,4)28-46-38(5,6)47-33/h14-15,29-33H,7-13,16-28H2,1-6H3,(H,39,42)(H,43,44)(H2,40,41,45). The van der Waals surface area contributed by atoms with Crippen molar-refractivity contribution in [2.24, 2.45) is 17.3 Å². The number of carboxylic acid groups (broad SMARTS) is 1. The first-order chi connectivity index (χ1) is 22.4. The first kappa shape index (κ1) is 41.0. The van der Waals surface area contributed by atoms with Crippen molar-refractivity contribution in [1.29, 1.82) is 0 Å². The smallest absolute Gasteiger partial charge is 0.315 e. The van der Waals surface area contributed by atoms with Gasteiger partial charge < -0.3 is 30.5 Å². The monoisotopic (exact) mass is 664 g/mol. The van der Waals surface area contributed by atoms with E-state index in [0.717, 1.165) is 51.4 Å². The number of carboxylic acids is 1. The van der Waals surface area contributed by atoms with Gasteiger partial charge in [-0.15, -0.1) is 0 Å². The van der Waals surface area contributed by atoms with E-state index in [1.54, 1.807) is 13.8 Å². The molecule has 0 bridgehead atoms. The van der Waals surface area contributed by atoms with E-state index < -0.39 is 29.2 Å². The number of carbonyl (C=O) groups excluding carboxylic acids is 2. The van der Waals surface area contributed by atoms with Crippen LogP contribution < -0.4 is 16.0 Å². The quantitative estimate of drug-likeness (QED) is 0.0683. The van der Waals surface area contributed by atoms with Gasteiger partial charge in [-0.25, -0.2) is 4.79 Å². The maximum absolute atomic E-state index is 13.1. The van der Waals surface area contributed by atoms with Gasteiger partial charge in [0.05, 0.1) is 12.5 Å². The van der Waals surface area contributed by atoms with Crippen LogP contribution in [0.25, 0.3) is 0 Å². The number of unbranched alkanes of at least 4 members (excludes halogenated alkanes) is 10. The number of allylic oxidation sites excluding steroid dienone is 2. The Kier molecular flexibility index (Phi) is 19.0. The molecule has 1 saturated carbocycles. The molecule has 5 unspecified atom stereocenters. The lowest BCUT2D eigenvalue weighted by atomic mass is 9.75. The van der Waals surface area contributed by atoms with Gasteiger partial charge in [-0.05, 0) is 78.1 Å². The fourth-order valence-corrected chi connectivity index (χ4v) is 6.96. The topological polar surface area (TPSA) is 126 Å². The highest BCUT2D eigenvalue weighted by atomic mass is 16.7. The highest BCUT2D eigenvalue weighted by Gasteiger charge is 2.46. The molecule has 2 rings (SSSR count). The van der Waals surface area contributed by atoms with Crippen molar-refractivity contribution in [2.75, 3.05) is 13.2 Å². The van der Waals surface area contributed by atoms with E-state index in [1.807, 2.05) is 20.8 Å². The van der Waals surface area contributed by atoms with Gasteiger partial charge in [-0.1, -0.05) is 97.1 Å². The third kappa shape index (κ3) is 16.2. The molecule has 0 spiro atoms. The van der Waals surface area contributed by atoms with Crippen molar-refractivity contribution < 1.29 is 29.0 Å². The number of hydrogen-bond donors (Lipinski definition) is 4. The predicted octanol–water partition coefficient (Wildman–Crippen LogP) is 8.27. The third-order valence-electron chi connectivity index (χ3n) is 9.89. The fraction of sp³-hybridized carbons (Fsp3) is 0.868. The molecule has 2 aliphatic rings. The lowest BCUT2D eigenvalue weighted by molar-refractivity contribution is -0.304. The molecule has 0 aromatic carbocycles. The second-order valence-electron chi connectivity index (χ2n) is 15.3. The maximum Gasteiger partial charge on any atom is 0.315 e. The molecule has 47 heavy (non-hydrogen) atoms. The maximum atomic E-state index is 13.1. The molecule has 1 aliphatic carbocycles. The Labute approximate surface area is 286 Å². The summed E-state index contributed by atoms with van der Waals surface area (Å²) in [7, 11) is 0. The second kappa shape index (κ2) is 21.8. The van der Waals surface area contributed by atoms with Crippen LogP contribution in [0.5, 0.6) is 0 Å². The molecule has 3 amide bonds. The fourth-order valence-electron chi connectivity index (χ4n) is 6.96. The molecule has 9 heteroatoms. The SMILES string of the molecule is CCCCCCCCC=CCCCCCCC(C)NC(=O)NC1CCCCC1C(CCNC(=O)C1OC(C)(C)OCC1(C)C)C(=O)O. The minimum Gasteiger partial charge on any atom is -0.481 e. The minimum absolute atomic E-state index is 0.0568. The van der Waals surface area contributed by atoms with Crippen LogP contribution in [0.3, 0.4) is 0 Å². The summed E-state index contributed by atoms with van der Waals surface area (Å²) in [6.07, 6.45) is 23.7. The van der Waals surface area contributed by atoms with Crippen molar-refractivity contribution in [3.63, 3.8) is 0 Å². The molecule has 2 fully saturated rings. The molecule has 1 saturated heterocycles. The zero-order valence-corrected chi connectivity index (χ0v) is 30.7. The molecule has 9 nitrogen and oxygen atoms in total. The van der Waals surface area contributed by atoms with E-state index in [2.05, 4.69) is 35.0 Å². The van der Waals surface area contributed by atoms with Crippen LogP contribution in [-0.2, 0) is 19.1 Å². The minimum atomic E-state index is -0.885. The second-order valence-corrected chi connectivity index (χ2v) is 15.3. The average Bonchev–Trinajstić information content (AvgIpc) is 3.01. The van der Waals surface area contributed by atoms with Crippen LogP contribution in [0.15, 0.2) is 12.2 Å². The molecule has 1 heterocycles. The van der Waals surface area contributed by atoms with Crippen LogP contribution in [-0.4, -0.2) is 60.1 Å². The lowest BCUT2D eigenvalue weighted by Crippen LogP contribution is -2.56. The molecule has 0 aromatic heterocycles. The molecular weight excluding hydrogens is 594 g/mol. The van der Waals surface area contributed by atoms with Crippen molar-refractivity contribution in [1.82, 2.24) is 16.0 Å². The van der Waals surface area contributed by atoms with Gasteiger partial charge in [0.15, 0.2) is 5.79 Å². The highest BCUT2D eigenvalue weighted by molar-refractivity contribution is 5.82. The summed E-state index contributed by atoms with van der Waals surface area (Å²) < 4.78 is 11.6. The van der Waals surface area contributed by atoms with Crippen molar-refractivity contribution in [2.45, 2.75) is 181 Å². The van der Waals surface area contributed by atoms with Gasteiger partial charge in [-0.3, -0.25) is 9.59 Å². The van der Waals surface area contributed by atoms with Crippen LogP contribution in [0.2, 0.25) is 0 Å². The number of ether oxygens (including phenoxy) is 2. The number of rotatable bonds is 22. The number of hydrogen-bond acceptors (Lipinski definition) is 5. The summed E-state index contributed by atoms with van der Waals surface area (Å²) in [6, 6.07) is -0.370. The summed E-state index contributed by atoms with van der Waals surface area (Å²) in [6.45, 7) is 12.3. The zero-order chi connectivity index (χ0) is 34.7. The normalized spacial score (nSPS) is 23.6. The molecule has 4 N–H and O–H groups in total. The first-order valence-electron chi connectivity index (χ1n) is 18.9. The summed E-state index contributed by atoms with van der Waals surface area (Å²) in [5.74, 6) is -2.84. The summed E-state index contributed by atoms with van der Waals surface area (Å²) in [5.41, 5.74) is -0.501. The predicted molar refractivity (Wildman–Crippen MR) is 189 cm³/mol. The third-order valence-corrected chi connectivity index (χ3v) is 9.89. The number of amides is 3. The van der Waals surface area contributed by atoms with E-state index in [1.165, 1.54) is 57.8 Å². The van der Waals surface area contributed by atoms with Gasteiger partial charge in [-0.2, -0.15) is 0 Å². The van der Waals surface area contributed by atoms with E-state index >= 15 is 0 Å². The Morgan fingerprint density at radius 1 is 0.872 bits per heavy atom. The molecule has 272 valence electrons. The summed E-state index contributed by atoms with van der Waals surface area (Å²) in [5, 5.41) is 19.3. The van der Waals surface area contributed by atoms with Gasteiger partial charge in [0.2, 0.25) is 5.91 Å². The average molecular weight is 664 g/mol. The van der Waals surface area contributed by atoms with E-state index in [4.69, 9.17) is 9.47 Å². The number of carbonyl (C=O) groups is 3. The summed E-state index contributed by atoms with van der Waals surface area (Å²) in [4.78, 5) is 38.4. The zero-order valence-electron chi connectivity index (χ0n) is 30.7. The van der Waals surface area contributed by atoms with Crippen molar-refractivity contribution in [3.05, 3.63) is 12.2 Å². The van der Waals surface area contributed by atoms with E-state index in [0.29, 0.717) is 13.0 Å². The molecule has 5 atom stereocenters. The highest BCUT2D eigenvalue weighted by Crippen LogP contribution is 2.35. The molecule has 1 aliphatic heterocycles. The van der Waals surface area contributed by atoms with Crippen LogP contribution >= 0.6 is 0 Å². The first-order valence-corrected chi connectivity index (χ1v) is 18.9. The Balaban J connectivity index is 1.69. The van der Waals surface area contributed by atoms with Crippen molar-refractivity contribution in [3.8, 4) is 0 Å². The molecule has 0 aromatic rings. The Bertz CT molecular complexity index is 952. The van der Waals surface area contributed by atoms with Gasteiger partial charge in [0.1, 0.15) is 6.10 Å². The Hall–Kier alpha value is -2.13. The van der Waals surface area contributed by atoms with Crippen LogP contribution in [0.1, 0.15) is 157 Å². The number of nitrogens with one attached hydrogen (secondary N) is 3. The van der Waals surface area contributed by atoms with E-state index in [9.17, 15) is 19.5 Å². The Morgan fingerprint density at radius 2 is 1.49 bits per heavy atom. The number of aliphatic carboxylic acids is 1. The van der Waals surface area contributed by atoms with Gasteiger partial charge in [0.25, 0.3) is 0 Å². The van der Waals surface area contributed by atoms with Crippen LogP contribution in [0, 0.1) is 17.3 Å². The molecule has 0 radical (unpaired) electrons. The van der Waals surface area contributed by atoms with Gasteiger partial charge in [0, 0.05) is 24.0 Å². The molecular formula is C38H69N3O6. The lowest BCUT2D eigenvalue weighted by Gasteiger charge is -2.44. The van der Waals surface area contributed by atoms with Crippen molar-refractivity contribution >= 4 is 17.9 Å².